The van der Waals surface area contributed by atoms with Gasteiger partial charge in [0.25, 0.3) is 0 Å². The van der Waals surface area contributed by atoms with Crippen molar-refractivity contribution in [3.63, 3.8) is 0 Å². The van der Waals surface area contributed by atoms with Crippen LogP contribution in [0.5, 0.6) is 11.5 Å². The number of hydrogen-bond donors (Lipinski definition) is 0. The highest BCUT2D eigenvalue weighted by Crippen LogP contribution is 2.31. The highest BCUT2D eigenvalue weighted by atomic mass is 35.5. The first-order valence-electron chi connectivity index (χ1n) is 9.95. The average Bonchev–Trinajstić information content (AvgIpc) is 3.16. The van der Waals surface area contributed by atoms with Crippen LogP contribution in [-0.2, 0) is 16.1 Å². The van der Waals surface area contributed by atoms with Gasteiger partial charge in [0.1, 0.15) is 6.61 Å². The van der Waals surface area contributed by atoms with Gasteiger partial charge in [0.2, 0.25) is 5.90 Å². The van der Waals surface area contributed by atoms with Gasteiger partial charge in [-0.05, 0) is 60.5 Å². The molecule has 5 nitrogen and oxygen atoms in total. The molecule has 0 radical (unpaired) electrons. The number of carbonyl (C=O) groups excluding carboxylic acids is 1. The van der Waals surface area contributed by atoms with Gasteiger partial charge in [0.15, 0.2) is 17.2 Å². The number of rotatable bonds is 7. The molecule has 1 aliphatic rings. The fourth-order valence-corrected chi connectivity index (χ4v) is 3.38. The standard InChI is InChI=1S/C25H19Cl2NO4/c1-2-30-23-14-16(9-11-22(23)31-15-17-8-10-19(26)20(27)12-17)13-21-25(29)32-24(28-21)18-6-4-3-5-7-18/h3-14H,2,15H2,1H3. The maximum absolute atomic E-state index is 12.3. The number of benzene rings is 3. The molecule has 0 unspecified atom stereocenters. The van der Waals surface area contributed by atoms with E-state index in [0.717, 1.165) is 16.7 Å². The van der Waals surface area contributed by atoms with Gasteiger partial charge in [-0.3, -0.25) is 0 Å². The molecule has 0 bridgehead atoms. The molecule has 7 heteroatoms. The number of cyclic esters (lactones) is 1. The number of nitrogens with zero attached hydrogens (tertiary/aromatic N) is 1. The normalized spacial score (nSPS) is 14.3. The number of ether oxygens (including phenoxy) is 3. The van der Waals surface area contributed by atoms with Crippen molar-refractivity contribution in [2.24, 2.45) is 4.99 Å². The van der Waals surface area contributed by atoms with Crippen molar-refractivity contribution in [2.75, 3.05) is 6.61 Å². The van der Waals surface area contributed by atoms with Crippen LogP contribution in [0.1, 0.15) is 23.6 Å². The molecule has 162 valence electrons. The van der Waals surface area contributed by atoms with Crippen molar-refractivity contribution in [2.45, 2.75) is 13.5 Å². The van der Waals surface area contributed by atoms with E-state index in [1.54, 1.807) is 30.3 Å². The Morgan fingerprint density at radius 3 is 2.50 bits per heavy atom. The minimum Gasteiger partial charge on any atom is -0.490 e. The first-order chi connectivity index (χ1) is 15.5. The van der Waals surface area contributed by atoms with Crippen LogP contribution in [-0.4, -0.2) is 18.5 Å². The maximum Gasteiger partial charge on any atom is 0.363 e. The van der Waals surface area contributed by atoms with Crippen molar-refractivity contribution >= 4 is 41.1 Å². The zero-order valence-electron chi connectivity index (χ0n) is 17.2. The van der Waals surface area contributed by atoms with Crippen molar-refractivity contribution in [1.29, 1.82) is 0 Å². The number of hydrogen-bond acceptors (Lipinski definition) is 5. The maximum atomic E-state index is 12.3. The molecule has 0 N–H and O–H groups in total. The van der Waals surface area contributed by atoms with Crippen molar-refractivity contribution in [3.8, 4) is 11.5 Å². The van der Waals surface area contributed by atoms with Gasteiger partial charge < -0.3 is 14.2 Å². The van der Waals surface area contributed by atoms with Gasteiger partial charge >= 0.3 is 5.97 Å². The molecule has 3 aromatic rings. The molecule has 1 aliphatic heterocycles. The predicted molar refractivity (Wildman–Crippen MR) is 125 cm³/mol. The summed E-state index contributed by atoms with van der Waals surface area (Å²) in [6, 6.07) is 20.0. The fraction of sp³-hybridized carbons (Fsp3) is 0.120. The molecule has 0 aromatic heterocycles. The first-order valence-corrected chi connectivity index (χ1v) is 10.7. The second kappa shape index (κ2) is 9.90. The molecule has 0 amide bonds. The molecule has 1 heterocycles. The summed E-state index contributed by atoms with van der Waals surface area (Å²) in [5.74, 6) is 0.915. The lowest BCUT2D eigenvalue weighted by Gasteiger charge is -2.13. The lowest BCUT2D eigenvalue weighted by atomic mass is 10.1. The van der Waals surface area contributed by atoms with E-state index in [1.807, 2.05) is 49.4 Å². The lowest BCUT2D eigenvalue weighted by molar-refractivity contribution is -0.129. The van der Waals surface area contributed by atoms with E-state index in [2.05, 4.69) is 4.99 Å². The Hall–Kier alpha value is -3.28. The zero-order chi connectivity index (χ0) is 22.5. The Morgan fingerprint density at radius 1 is 0.938 bits per heavy atom. The molecule has 0 saturated carbocycles. The van der Waals surface area contributed by atoms with Gasteiger partial charge in [-0.15, -0.1) is 0 Å². The molecule has 0 saturated heterocycles. The monoisotopic (exact) mass is 467 g/mol. The van der Waals surface area contributed by atoms with E-state index in [9.17, 15) is 4.79 Å². The number of aliphatic imine (C=N–C) groups is 1. The summed E-state index contributed by atoms with van der Waals surface area (Å²) in [6.45, 7) is 2.65. The summed E-state index contributed by atoms with van der Waals surface area (Å²) >= 11 is 12.0. The summed E-state index contributed by atoms with van der Waals surface area (Å²) in [4.78, 5) is 16.6. The summed E-state index contributed by atoms with van der Waals surface area (Å²) < 4.78 is 17.0. The molecule has 0 spiro atoms. The van der Waals surface area contributed by atoms with Crippen LogP contribution in [0, 0.1) is 0 Å². The van der Waals surface area contributed by atoms with E-state index in [0.29, 0.717) is 34.8 Å². The van der Waals surface area contributed by atoms with E-state index >= 15 is 0 Å². The third-order valence-corrected chi connectivity index (χ3v) is 5.33. The van der Waals surface area contributed by atoms with Gasteiger partial charge in [0, 0.05) is 5.56 Å². The molecular weight excluding hydrogens is 449 g/mol. The fourth-order valence-electron chi connectivity index (χ4n) is 3.06. The number of carbonyl (C=O) groups is 1. The molecule has 4 rings (SSSR count). The molecule has 0 aliphatic carbocycles. The van der Waals surface area contributed by atoms with Crippen LogP contribution >= 0.6 is 23.2 Å². The number of esters is 1. The Morgan fingerprint density at radius 2 is 1.75 bits per heavy atom. The summed E-state index contributed by atoms with van der Waals surface area (Å²) in [5.41, 5.74) is 2.57. The third-order valence-electron chi connectivity index (χ3n) is 4.59. The Labute approximate surface area is 195 Å². The minimum absolute atomic E-state index is 0.218. The number of halogens is 2. The van der Waals surface area contributed by atoms with Gasteiger partial charge in [-0.1, -0.05) is 53.5 Å². The first kappa shape index (κ1) is 21.9. The molecule has 0 fully saturated rings. The molecule has 3 aromatic carbocycles. The highest BCUT2D eigenvalue weighted by molar-refractivity contribution is 6.42. The summed E-state index contributed by atoms with van der Waals surface area (Å²) in [5, 5.41) is 0.963. The molecule has 32 heavy (non-hydrogen) atoms. The Kier molecular flexibility index (Phi) is 6.78. The SMILES string of the molecule is CCOc1cc(C=C2N=C(c3ccccc3)OC2=O)ccc1OCc1ccc(Cl)c(Cl)c1. The van der Waals surface area contributed by atoms with Crippen LogP contribution < -0.4 is 9.47 Å². The Bertz CT molecular complexity index is 1210. The second-order valence-electron chi connectivity index (χ2n) is 6.88. The van der Waals surface area contributed by atoms with E-state index in [-0.39, 0.29) is 11.6 Å². The van der Waals surface area contributed by atoms with Crippen LogP contribution in [0.3, 0.4) is 0 Å². The van der Waals surface area contributed by atoms with E-state index < -0.39 is 5.97 Å². The second-order valence-corrected chi connectivity index (χ2v) is 7.69. The largest absolute Gasteiger partial charge is 0.490 e. The van der Waals surface area contributed by atoms with Crippen molar-refractivity contribution in [3.05, 3.63) is 99.2 Å². The van der Waals surface area contributed by atoms with Crippen LogP contribution in [0.4, 0.5) is 0 Å². The van der Waals surface area contributed by atoms with Gasteiger partial charge in [-0.2, -0.15) is 0 Å². The molecule has 0 atom stereocenters. The quantitative estimate of drug-likeness (QED) is 0.301. The van der Waals surface area contributed by atoms with Gasteiger partial charge in [-0.25, -0.2) is 9.79 Å². The summed E-state index contributed by atoms with van der Waals surface area (Å²) in [6.07, 6.45) is 1.66. The lowest BCUT2D eigenvalue weighted by Crippen LogP contribution is -2.05. The predicted octanol–water partition coefficient (Wildman–Crippen LogP) is 6.32. The van der Waals surface area contributed by atoms with Crippen LogP contribution in [0.15, 0.2) is 77.4 Å². The minimum atomic E-state index is -0.498. The highest BCUT2D eigenvalue weighted by Gasteiger charge is 2.24. The Balaban J connectivity index is 1.55. The molecular formula is C25H19Cl2NO4. The van der Waals surface area contributed by atoms with E-state index in [1.165, 1.54) is 0 Å². The van der Waals surface area contributed by atoms with Crippen molar-refractivity contribution in [1.82, 2.24) is 0 Å². The average molecular weight is 468 g/mol. The van der Waals surface area contributed by atoms with Crippen molar-refractivity contribution < 1.29 is 19.0 Å². The summed E-state index contributed by atoms with van der Waals surface area (Å²) in [7, 11) is 0. The van der Waals surface area contributed by atoms with Crippen LogP contribution in [0.25, 0.3) is 6.08 Å². The van der Waals surface area contributed by atoms with Crippen LogP contribution in [0.2, 0.25) is 10.0 Å². The smallest absolute Gasteiger partial charge is 0.363 e. The third kappa shape index (κ3) is 5.13. The van der Waals surface area contributed by atoms with Gasteiger partial charge in [0.05, 0.1) is 16.7 Å². The van der Waals surface area contributed by atoms with E-state index in [4.69, 9.17) is 37.4 Å². The topological polar surface area (TPSA) is 57.1 Å². The zero-order valence-corrected chi connectivity index (χ0v) is 18.7.